The predicted molar refractivity (Wildman–Crippen MR) is 102 cm³/mol. The van der Waals surface area contributed by atoms with Crippen molar-refractivity contribution in [2.75, 3.05) is 23.8 Å². The largest absolute Gasteiger partial charge is 0.375 e. The molecule has 0 fully saturated rings. The van der Waals surface area contributed by atoms with Crippen LogP contribution in [0.1, 0.15) is 27.9 Å². The number of anilines is 2. The van der Waals surface area contributed by atoms with Gasteiger partial charge in [0.05, 0.1) is 0 Å². The summed E-state index contributed by atoms with van der Waals surface area (Å²) >= 11 is 1.24. The molecule has 1 aromatic heterocycles. The van der Waals surface area contributed by atoms with Gasteiger partial charge in [0.15, 0.2) is 0 Å². The van der Waals surface area contributed by atoms with Crippen molar-refractivity contribution in [2.45, 2.75) is 13.3 Å². The van der Waals surface area contributed by atoms with Crippen molar-refractivity contribution in [3.8, 4) is 0 Å². The molecular formula is C19H19FN4OS. The molecular weight excluding hydrogens is 351 g/mol. The SMILES string of the molecule is CCN(C)c1ccc(C(=O)Nc2nnc(Cc3ccccc3F)s2)cc1. The topological polar surface area (TPSA) is 58.1 Å². The Labute approximate surface area is 155 Å². The zero-order valence-corrected chi connectivity index (χ0v) is 15.4. The summed E-state index contributed by atoms with van der Waals surface area (Å²) in [5.41, 5.74) is 2.15. The van der Waals surface area contributed by atoms with Gasteiger partial charge in [-0.2, -0.15) is 0 Å². The van der Waals surface area contributed by atoms with Gasteiger partial charge in [-0.05, 0) is 42.8 Å². The number of carbonyl (C=O) groups is 1. The second-order valence-corrected chi connectivity index (χ2v) is 6.85. The van der Waals surface area contributed by atoms with Gasteiger partial charge in [-0.1, -0.05) is 29.5 Å². The third kappa shape index (κ3) is 4.23. The molecule has 0 spiro atoms. The van der Waals surface area contributed by atoms with Crippen molar-refractivity contribution >= 4 is 28.1 Å². The Morgan fingerprint density at radius 2 is 1.88 bits per heavy atom. The molecule has 0 aliphatic carbocycles. The van der Waals surface area contributed by atoms with E-state index in [9.17, 15) is 9.18 Å². The van der Waals surface area contributed by atoms with Gasteiger partial charge < -0.3 is 4.90 Å². The summed E-state index contributed by atoms with van der Waals surface area (Å²) in [6.07, 6.45) is 0.345. The van der Waals surface area contributed by atoms with E-state index in [2.05, 4.69) is 27.3 Å². The predicted octanol–water partition coefficient (Wildman–Crippen LogP) is 3.98. The summed E-state index contributed by atoms with van der Waals surface area (Å²) in [6.45, 7) is 2.95. The average Bonchev–Trinajstić information content (AvgIpc) is 3.10. The fourth-order valence-corrected chi connectivity index (χ4v) is 3.16. The van der Waals surface area contributed by atoms with E-state index in [0.717, 1.165) is 12.2 Å². The number of nitrogens with one attached hydrogen (secondary N) is 1. The van der Waals surface area contributed by atoms with Crippen LogP contribution in [-0.2, 0) is 6.42 Å². The molecule has 1 N–H and O–H groups in total. The molecule has 134 valence electrons. The summed E-state index contributed by atoms with van der Waals surface area (Å²) in [6, 6.07) is 13.9. The van der Waals surface area contributed by atoms with Crippen LogP contribution in [0.3, 0.4) is 0 Å². The lowest BCUT2D eigenvalue weighted by Gasteiger charge is -2.16. The van der Waals surface area contributed by atoms with E-state index in [1.807, 2.05) is 19.2 Å². The van der Waals surface area contributed by atoms with Crippen LogP contribution in [0.15, 0.2) is 48.5 Å². The molecule has 7 heteroatoms. The number of hydrogen-bond donors (Lipinski definition) is 1. The third-order valence-corrected chi connectivity index (χ3v) is 4.87. The maximum absolute atomic E-state index is 13.7. The molecule has 0 unspecified atom stereocenters. The van der Waals surface area contributed by atoms with Crippen molar-refractivity contribution < 1.29 is 9.18 Å². The van der Waals surface area contributed by atoms with Crippen LogP contribution >= 0.6 is 11.3 Å². The lowest BCUT2D eigenvalue weighted by molar-refractivity contribution is 0.102. The number of halogens is 1. The Kier molecular flexibility index (Phi) is 5.58. The molecule has 0 bridgehead atoms. The van der Waals surface area contributed by atoms with E-state index >= 15 is 0 Å². The monoisotopic (exact) mass is 370 g/mol. The second kappa shape index (κ2) is 8.05. The maximum atomic E-state index is 13.7. The van der Waals surface area contributed by atoms with E-state index in [0.29, 0.717) is 27.7 Å². The van der Waals surface area contributed by atoms with Crippen LogP contribution in [0.2, 0.25) is 0 Å². The van der Waals surface area contributed by atoms with Crippen molar-refractivity contribution in [2.24, 2.45) is 0 Å². The number of nitrogens with zero attached hydrogens (tertiary/aromatic N) is 3. The van der Waals surface area contributed by atoms with Crippen molar-refractivity contribution in [3.05, 3.63) is 70.5 Å². The van der Waals surface area contributed by atoms with E-state index in [1.54, 1.807) is 30.3 Å². The van der Waals surface area contributed by atoms with E-state index in [-0.39, 0.29) is 11.7 Å². The first kappa shape index (κ1) is 18.0. The van der Waals surface area contributed by atoms with Gasteiger partial charge in [0, 0.05) is 31.3 Å². The van der Waals surface area contributed by atoms with Gasteiger partial charge in [-0.25, -0.2) is 4.39 Å². The van der Waals surface area contributed by atoms with Crippen LogP contribution in [0.25, 0.3) is 0 Å². The van der Waals surface area contributed by atoms with Gasteiger partial charge in [0.1, 0.15) is 10.8 Å². The molecule has 0 saturated heterocycles. The van der Waals surface area contributed by atoms with Crippen LogP contribution < -0.4 is 10.2 Å². The average molecular weight is 370 g/mol. The van der Waals surface area contributed by atoms with Gasteiger partial charge in [-0.15, -0.1) is 10.2 Å². The Hall–Kier alpha value is -2.80. The lowest BCUT2D eigenvalue weighted by atomic mass is 10.1. The minimum absolute atomic E-state index is 0.246. The highest BCUT2D eigenvalue weighted by Gasteiger charge is 2.12. The van der Waals surface area contributed by atoms with Crippen molar-refractivity contribution in [3.63, 3.8) is 0 Å². The molecule has 0 radical (unpaired) electrons. The van der Waals surface area contributed by atoms with Crippen LogP contribution in [0.4, 0.5) is 15.2 Å². The van der Waals surface area contributed by atoms with Gasteiger partial charge in [0.25, 0.3) is 5.91 Å². The maximum Gasteiger partial charge on any atom is 0.257 e. The number of carbonyl (C=O) groups excluding carboxylic acids is 1. The number of amides is 1. The van der Waals surface area contributed by atoms with Crippen LogP contribution in [-0.4, -0.2) is 29.7 Å². The zero-order chi connectivity index (χ0) is 18.5. The van der Waals surface area contributed by atoms with Gasteiger partial charge >= 0.3 is 0 Å². The molecule has 2 aromatic carbocycles. The Balaban J connectivity index is 1.65. The molecule has 3 aromatic rings. The first-order chi connectivity index (χ1) is 12.6. The lowest BCUT2D eigenvalue weighted by Crippen LogP contribution is -2.16. The Morgan fingerprint density at radius 3 is 2.58 bits per heavy atom. The summed E-state index contributed by atoms with van der Waals surface area (Å²) in [5.74, 6) is -0.519. The first-order valence-corrected chi connectivity index (χ1v) is 9.07. The Morgan fingerprint density at radius 1 is 1.15 bits per heavy atom. The Bertz CT molecular complexity index is 895. The summed E-state index contributed by atoms with van der Waals surface area (Å²) in [7, 11) is 1.99. The van der Waals surface area contributed by atoms with Gasteiger partial charge in [0.2, 0.25) is 5.13 Å². The zero-order valence-electron chi connectivity index (χ0n) is 14.6. The van der Waals surface area contributed by atoms with Crippen molar-refractivity contribution in [1.29, 1.82) is 0 Å². The molecule has 0 aliphatic rings. The molecule has 0 saturated carbocycles. The molecule has 1 amide bonds. The highest BCUT2D eigenvalue weighted by molar-refractivity contribution is 7.15. The van der Waals surface area contributed by atoms with Crippen LogP contribution in [0, 0.1) is 5.82 Å². The van der Waals surface area contributed by atoms with E-state index in [4.69, 9.17) is 0 Å². The smallest absolute Gasteiger partial charge is 0.257 e. The molecule has 0 atom stereocenters. The number of hydrogen-bond acceptors (Lipinski definition) is 5. The molecule has 5 nitrogen and oxygen atoms in total. The van der Waals surface area contributed by atoms with Crippen molar-refractivity contribution in [1.82, 2.24) is 10.2 Å². The summed E-state index contributed by atoms with van der Waals surface area (Å²) in [5, 5.41) is 11.8. The molecule has 0 aliphatic heterocycles. The normalized spacial score (nSPS) is 10.6. The number of benzene rings is 2. The molecule has 3 rings (SSSR count). The third-order valence-electron chi connectivity index (χ3n) is 4.03. The summed E-state index contributed by atoms with van der Waals surface area (Å²) in [4.78, 5) is 14.4. The van der Waals surface area contributed by atoms with Gasteiger partial charge in [-0.3, -0.25) is 10.1 Å². The molecule has 1 heterocycles. The standard InChI is InChI=1S/C19H19FN4OS/c1-3-24(2)15-10-8-13(9-11-15)18(25)21-19-23-22-17(26-19)12-14-6-4-5-7-16(14)20/h4-11H,3,12H2,1-2H3,(H,21,23,25). The number of rotatable bonds is 6. The minimum Gasteiger partial charge on any atom is -0.375 e. The fraction of sp³-hybridized carbons (Fsp3) is 0.211. The van der Waals surface area contributed by atoms with Crippen LogP contribution in [0.5, 0.6) is 0 Å². The number of aromatic nitrogens is 2. The minimum atomic E-state index is -0.273. The second-order valence-electron chi connectivity index (χ2n) is 5.78. The quantitative estimate of drug-likeness (QED) is 0.713. The van der Waals surface area contributed by atoms with E-state index < -0.39 is 0 Å². The molecule has 26 heavy (non-hydrogen) atoms. The fourth-order valence-electron chi connectivity index (χ4n) is 2.40. The van der Waals surface area contributed by atoms with E-state index in [1.165, 1.54) is 17.4 Å². The first-order valence-electron chi connectivity index (χ1n) is 8.25. The highest BCUT2D eigenvalue weighted by Crippen LogP contribution is 2.21. The highest BCUT2D eigenvalue weighted by atomic mass is 32.1. The summed E-state index contributed by atoms with van der Waals surface area (Å²) < 4.78 is 13.7.